The summed E-state index contributed by atoms with van der Waals surface area (Å²) in [5.74, 6) is -0.0269. The van der Waals surface area contributed by atoms with Gasteiger partial charge in [0.25, 0.3) is 5.91 Å². The normalized spacial score (nSPS) is 10.9. The molecule has 1 rings (SSSR count). The summed E-state index contributed by atoms with van der Waals surface area (Å²) < 4.78 is 1.83. The number of amides is 1. The Kier molecular flexibility index (Phi) is 5.15. The van der Waals surface area contributed by atoms with Gasteiger partial charge in [-0.05, 0) is 40.9 Å². The number of nitrogens with zero attached hydrogens (tertiary/aromatic N) is 3. The van der Waals surface area contributed by atoms with Gasteiger partial charge in [-0.1, -0.05) is 0 Å². The molecule has 0 aliphatic heterocycles. The van der Waals surface area contributed by atoms with E-state index in [0.717, 1.165) is 25.2 Å². The molecular formula is C12H22N4O. The fourth-order valence-corrected chi connectivity index (χ4v) is 1.68. The summed E-state index contributed by atoms with van der Waals surface area (Å²) in [7, 11) is 4.05. The Morgan fingerprint density at radius 3 is 2.76 bits per heavy atom. The van der Waals surface area contributed by atoms with Crippen molar-refractivity contribution in [2.24, 2.45) is 0 Å². The van der Waals surface area contributed by atoms with Crippen LogP contribution in [0.1, 0.15) is 29.4 Å². The molecule has 0 aromatic carbocycles. The van der Waals surface area contributed by atoms with Crippen LogP contribution in [-0.2, 0) is 6.54 Å². The van der Waals surface area contributed by atoms with Crippen LogP contribution in [0.15, 0.2) is 6.20 Å². The Hall–Kier alpha value is -1.36. The average molecular weight is 238 g/mol. The summed E-state index contributed by atoms with van der Waals surface area (Å²) in [6.07, 6.45) is 2.60. The zero-order valence-corrected chi connectivity index (χ0v) is 11.2. The second kappa shape index (κ2) is 6.39. The average Bonchev–Trinajstić information content (AvgIpc) is 2.65. The maximum atomic E-state index is 11.9. The fourth-order valence-electron chi connectivity index (χ4n) is 1.68. The van der Waals surface area contributed by atoms with Crippen LogP contribution in [0.3, 0.4) is 0 Å². The highest BCUT2D eigenvalue weighted by Crippen LogP contribution is 2.06. The van der Waals surface area contributed by atoms with Crippen molar-refractivity contribution in [3.05, 3.63) is 17.5 Å². The van der Waals surface area contributed by atoms with E-state index < -0.39 is 0 Å². The second-order valence-corrected chi connectivity index (χ2v) is 4.37. The van der Waals surface area contributed by atoms with E-state index in [2.05, 4.69) is 15.3 Å². The zero-order chi connectivity index (χ0) is 12.8. The van der Waals surface area contributed by atoms with Gasteiger partial charge in [0.2, 0.25) is 0 Å². The summed E-state index contributed by atoms with van der Waals surface area (Å²) in [6.45, 7) is 6.41. The third kappa shape index (κ3) is 3.85. The highest BCUT2D eigenvalue weighted by atomic mass is 16.1. The molecule has 1 aromatic heterocycles. The lowest BCUT2D eigenvalue weighted by molar-refractivity contribution is 0.0951. The molecule has 0 bridgehead atoms. The van der Waals surface area contributed by atoms with E-state index >= 15 is 0 Å². The second-order valence-electron chi connectivity index (χ2n) is 4.37. The van der Waals surface area contributed by atoms with Gasteiger partial charge in [-0.2, -0.15) is 5.10 Å². The summed E-state index contributed by atoms with van der Waals surface area (Å²) in [4.78, 5) is 14.0. The van der Waals surface area contributed by atoms with Gasteiger partial charge in [0.05, 0.1) is 11.8 Å². The van der Waals surface area contributed by atoms with Gasteiger partial charge >= 0.3 is 0 Å². The molecule has 1 amide bonds. The first-order valence-electron chi connectivity index (χ1n) is 6.01. The number of hydrogen-bond donors (Lipinski definition) is 1. The van der Waals surface area contributed by atoms with Gasteiger partial charge in [0.15, 0.2) is 0 Å². The molecule has 1 aromatic rings. The molecule has 5 heteroatoms. The summed E-state index contributed by atoms with van der Waals surface area (Å²) in [5, 5.41) is 7.07. The molecule has 96 valence electrons. The summed E-state index contributed by atoms with van der Waals surface area (Å²) in [6, 6.07) is 0. The van der Waals surface area contributed by atoms with Crippen molar-refractivity contribution in [1.29, 1.82) is 0 Å². The van der Waals surface area contributed by atoms with Crippen LogP contribution in [-0.4, -0.2) is 47.8 Å². The number of rotatable bonds is 6. The molecule has 0 saturated carbocycles. The van der Waals surface area contributed by atoms with Crippen LogP contribution in [0.4, 0.5) is 0 Å². The Morgan fingerprint density at radius 1 is 1.53 bits per heavy atom. The maximum absolute atomic E-state index is 11.9. The number of aryl methyl sites for hydroxylation is 1. The van der Waals surface area contributed by atoms with Crippen molar-refractivity contribution in [3.63, 3.8) is 0 Å². The van der Waals surface area contributed by atoms with Crippen molar-refractivity contribution in [1.82, 2.24) is 20.0 Å². The Bertz CT molecular complexity index is 371. The first kappa shape index (κ1) is 13.7. The highest BCUT2D eigenvalue weighted by molar-refractivity contribution is 5.94. The van der Waals surface area contributed by atoms with E-state index in [0.29, 0.717) is 12.1 Å². The van der Waals surface area contributed by atoms with E-state index in [1.807, 2.05) is 32.6 Å². The van der Waals surface area contributed by atoms with Crippen molar-refractivity contribution in [3.8, 4) is 0 Å². The molecule has 5 nitrogen and oxygen atoms in total. The molecule has 0 aliphatic rings. The molecule has 0 aliphatic carbocycles. The number of carbonyl (C=O) groups excluding carboxylic acids is 1. The maximum Gasteiger partial charge on any atom is 0.254 e. The molecule has 0 radical (unpaired) electrons. The molecule has 0 spiro atoms. The van der Waals surface area contributed by atoms with Gasteiger partial charge in [0, 0.05) is 18.8 Å². The molecule has 1 heterocycles. The SMILES string of the molecule is CCn1ncc(C(=O)NCCCN(C)C)c1C. The molecule has 0 atom stereocenters. The first-order chi connectivity index (χ1) is 8.06. The van der Waals surface area contributed by atoms with Crippen molar-refractivity contribution < 1.29 is 4.79 Å². The van der Waals surface area contributed by atoms with E-state index in [4.69, 9.17) is 0 Å². The molecule has 0 unspecified atom stereocenters. The van der Waals surface area contributed by atoms with Crippen LogP contribution in [0, 0.1) is 6.92 Å². The monoisotopic (exact) mass is 238 g/mol. The van der Waals surface area contributed by atoms with Crippen molar-refractivity contribution in [2.45, 2.75) is 26.8 Å². The minimum absolute atomic E-state index is 0.0269. The fraction of sp³-hybridized carbons (Fsp3) is 0.667. The van der Waals surface area contributed by atoms with Gasteiger partial charge < -0.3 is 10.2 Å². The van der Waals surface area contributed by atoms with E-state index in [9.17, 15) is 4.79 Å². The number of nitrogens with one attached hydrogen (secondary N) is 1. The smallest absolute Gasteiger partial charge is 0.254 e. The summed E-state index contributed by atoms with van der Waals surface area (Å²) in [5.41, 5.74) is 1.61. The van der Waals surface area contributed by atoms with Crippen LogP contribution < -0.4 is 5.32 Å². The zero-order valence-electron chi connectivity index (χ0n) is 11.2. The predicted octanol–water partition coefficient (Wildman–Crippen LogP) is 0.893. The Labute approximate surface area is 103 Å². The lowest BCUT2D eigenvalue weighted by atomic mass is 10.2. The van der Waals surface area contributed by atoms with E-state index in [1.165, 1.54) is 0 Å². The van der Waals surface area contributed by atoms with Crippen LogP contribution in [0.25, 0.3) is 0 Å². The first-order valence-corrected chi connectivity index (χ1v) is 6.01. The molecule has 0 saturated heterocycles. The van der Waals surface area contributed by atoms with Gasteiger partial charge in [-0.3, -0.25) is 9.48 Å². The van der Waals surface area contributed by atoms with Gasteiger partial charge in [-0.25, -0.2) is 0 Å². The topological polar surface area (TPSA) is 50.2 Å². The van der Waals surface area contributed by atoms with Crippen LogP contribution in [0.5, 0.6) is 0 Å². The lowest BCUT2D eigenvalue weighted by Gasteiger charge is -2.09. The minimum atomic E-state index is -0.0269. The quantitative estimate of drug-likeness (QED) is 0.749. The minimum Gasteiger partial charge on any atom is -0.352 e. The lowest BCUT2D eigenvalue weighted by Crippen LogP contribution is -2.27. The standard InChI is InChI=1S/C12H22N4O/c1-5-16-10(2)11(9-14-16)12(17)13-7-6-8-15(3)4/h9H,5-8H2,1-4H3,(H,13,17). The largest absolute Gasteiger partial charge is 0.352 e. The molecule has 17 heavy (non-hydrogen) atoms. The summed E-state index contributed by atoms with van der Waals surface area (Å²) >= 11 is 0. The third-order valence-electron chi connectivity index (χ3n) is 2.72. The predicted molar refractivity (Wildman–Crippen MR) is 68.1 cm³/mol. The van der Waals surface area contributed by atoms with Crippen LogP contribution in [0.2, 0.25) is 0 Å². The van der Waals surface area contributed by atoms with Gasteiger partial charge in [0.1, 0.15) is 0 Å². The Morgan fingerprint density at radius 2 is 2.24 bits per heavy atom. The van der Waals surface area contributed by atoms with Gasteiger partial charge in [-0.15, -0.1) is 0 Å². The number of aromatic nitrogens is 2. The van der Waals surface area contributed by atoms with E-state index in [1.54, 1.807) is 6.20 Å². The molecular weight excluding hydrogens is 216 g/mol. The van der Waals surface area contributed by atoms with Crippen LogP contribution >= 0.6 is 0 Å². The van der Waals surface area contributed by atoms with Crippen molar-refractivity contribution in [2.75, 3.05) is 27.2 Å². The molecule has 0 fully saturated rings. The van der Waals surface area contributed by atoms with E-state index in [-0.39, 0.29) is 5.91 Å². The van der Waals surface area contributed by atoms with Crippen molar-refractivity contribution >= 4 is 5.91 Å². The number of hydrogen-bond acceptors (Lipinski definition) is 3. The third-order valence-corrected chi connectivity index (χ3v) is 2.72. The Balaban J connectivity index is 2.44. The highest BCUT2D eigenvalue weighted by Gasteiger charge is 2.12. The molecule has 1 N–H and O–H groups in total. The number of carbonyl (C=O) groups is 1.